The highest BCUT2D eigenvalue weighted by molar-refractivity contribution is 6.57. The van der Waals surface area contributed by atoms with Crippen molar-refractivity contribution in [1.82, 2.24) is 9.55 Å². The van der Waals surface area contributed by atoms with Crippen molar-refractivity contribution in [3.8, 4) is 0 Å². The molecule has 6 rings (SSSR count). The van der Waals surface area contributed by atoms with E-state index in [4.69, 9.17) is 0 Å². The minimum Gasteiger partial charge on any atom is -0.326 e. The van der Waals surface area contributed by atoms with Gasteiger partial charge in [-0.2, -0.15) is 0 Å². The molecule has 45 heavy (non-hydrogen) atoms. The summed E-state index contributed by atoms with van der Waals surface area (Å²) in [4.78, 5) is 4.48. The van der Waals surface area contributed by atoms with Crippen LogP contribution in [-0.2, 0) is 18.0 Å². The number of hydrogen-bond donors (Lipinski definition) is 0. The third kappa shape index (κ3) is 8.01. The second-order valence-corrected chi connectivity index (χ2v) is 14.1. The minimum absolute atomic E-state index is 0.217. The first-order valence-electron chi connectivity index (χ1n) is 16.4. The molecule has 0 spiro atoms. The van der Waals surface area contributed by atoms with Gasteiger partial charge in [0.05, 0.1) is 21.0 Å². The van der Waals surface area contributed by atoms with Gasteiger partial charge in [0.2, 0.25) is 0 Å². The van der Waals surface area contributed by atoms with Crippen LogP contribution in [-0.4, -0.2) is 26.9 Å². The molecule has 0 aliphatic rings. The Morgan fingerprint density at radius 1 is 0.644 bits per heavy atom. The normalized spacial score (nSPS) is 11.4. The number of imidazole rings is 1. The van der Waals surface area contributed by atoms with Crippen LogP contribution >= 0.6 is 0 Å². The lowest BCUT2D eigenvalue weighted by Gasteiger charge is -2.37. The summed E-state index contributed by atoms with van der Waals surface area (Å²) >= 11 is 0. The van der Waals surface area contributed by atoms with Crippen LogP contribution in [0.25, 0.3) is 0 Å². The van der Waals surface area contributed by atoms with E-state index in [-0.39, 0.29) is 5.16 Å². The van der Waals surface area contributed by atoms with Gasteiger partial charge < -0.3 is 4.57 Å². The summed E-state index contributed by atoms with van der Waals surface area (Å²) in [5.74, 6) is 0.484. The average Bonchev–Trinajstić information content (AvgIpc) is 3.65. The van der Waals surface area contributed by atoms with E-state index >= 15 is 0 Å². The number of rotatable bonds is 11. The van der Waals surface area contributed by atoms with E-state index in [0.29, 0.717) is 5.82 Å². The molecule has 0 radical (unpaired) electrons. The molecule has 226 valence electrons. The maximum Gasteiger partial charge on any atom is 0.116 e. The predicted octanol–water partition coefficient (Wildman–Crippen LogP) is 7.44. The fourth-order valence-corrected chi connectivity index (χ4v) is 8.67. The molecule has 1 heterocycles. The van der Waals surface area contributed by atoms with E-state index in [0.717, 1.165) is 25.7 Å². The smallest absolute Gasteiger partial charge is 0.116 e. The van der Waals surface area contributed by atoms with Crippen LogP contribution in [0.2, 0.25) is 0 Å². The molecular weight excluding hydrogens is 559 g/mol. The van der Waals surface area contributed by atoms with Crippen LogP contribution in [0.3, 0.4) is 0 Å². The van der Waals surface area contributed by atoms with Crippen LogP contribution in [0.15, 0.2) is 158 Å². The Labute approximate surface area is 273 Å². The molecule has 4 heteroatoms. The number of aromatic nitrogens is 2. The zero-order valence-corrected chi connectivity index (χ0v) is 28.4. The van der Waals surface area contributed by atoms with E-state index in [2.05, 4.69) is 177 Å². The third-order valence-electron chi connectivity index (χ3n) is 8.73. The first-order valence-corrected chi connectivity index (χ1v) is 17.9. The Bertz CT molecular complexity index is 1610. The fourth-order valence-electron chi connectivity index (χ4n) is 6.36. The van der Waals surface area contributed by atoms with Crippen LogP contribution in [0, 0.1) is 0 Å². The van der Waals surface area contributed by atoms with Crippen molar-refractivity contribution in [2.75, 3.05) is 0 Å². The van der Waals surface area contributed by atoms with Gasteiger partial charge >= 0.3 is 0 Å². The monoisotopic (exact) mass is 604 g/mol. The molecule has 0 saturated heterocycles. The van der Waals surface area contributed by atoms with Gasteiger partial charge in [0.15, 0.2) is 0 Å². The van der Waals surface area contributed by atoms with Crippen molar-refractivity contribution in [1.29, 1.82) is 0 Å². The maximum atomic E-state index is 4.48. The SMILES string of the molecule is BC(c1ccccc1)c1ccccc1.CCCc1cccc(C([SiH2]c2ccccc2)(c2cccc(CCC)c2)n2ccnc2)c1. The molecule has 0 fully saturated rings. The highest BCUT2D eigenvalue weighted by Crippen LogP contribution is 2.35. The first-order chi connectivity index (χ1) is 22.1. The van der Waals surface area contributed by atoms with Gasteiger partial charge in [-0.25, -0.2) is 4.98 Å². The van der Waals surface area contributed by atoms with Gasteiger partial charge in [-0.3, -0.25) is 0 Å². The fraction of sp³-hybridized carbons (Fsp3) is 0.195. The molecule has 0 amide bonds. The number of benzene rings is 5. The van der Waals surface area contributed by atoms with Crippen molar-refractivity contribution in [3.05, 3.63) is 192 Å². The molecule has 0 aliphatic heterocycles. The van der Waals surface area contributed by atoms with Crippen molar-refractivity contribution in [2.24, 2.45) is 0 Å². The summed E-state index contributed by atoms with van der Waals surface area (Å²) < 4.78 is 2.36. The van der Waals surface area contributed by atoms with E-state index in [1.165, 1.54) is 38.6 Å². The molecule has 0 N–H and O–H groups in total. The quantitative estimate of drug-likeness (QED) is 0.141. The lowest BCUT2D eigenvalue weighted by atomic mass is 9.76. The molecule has 0 saturated carbocycles. The molecule has 2 nitrogen and oxygen atoms in total. The highest BCUT2D eigenvalue weighted by atomic mass is 28.2. The lowest BCUT2D eigenvalue weighted by molar-refractivity contribution is 0.594. The van der Waals surface area contributed by atoms with Crippen LogP contribution in [0.5, 0.6) is 0 Å². The molecule has 0 aliphatic carbocycles. The molecule has 1 aromatic heterocycles. The number of nitrogens with zero attached hydrogens (tertiary/aromatic N) is 2. The second-order valence-electron chi connectivity index (χ2n) is 11.9. The Morgan fingerprint density at radius 2 is 1.13 bits per heavy atom. The van der Waals surface area contributed by atoms with E-state index in [1.807, 2.05) is 12.5 Å². The molecule has 0 atom stereocenters. The van der Waals surface area contributed by atoms with Gasteiger partial charge in [-0.1, -0.05) is 171 Å². The van der Waals surface area contributed by atoms with Gasteiger partial charge in [0, 0.05) is 12.4 Å². The van der Waals surface area contributed by atoms with Gasteiger partial charge in [-0.15, -0.1) is 0 Å². The zero-order chi connectivity index (χ0) is 31.3. The summed E-state index contributed by atoms with van der Waals surface area (Å²) in [6.45, 7) is 4.51. The second kappa shape index (κ2) is 16.1. The van der Waals surface area contributed by atoms with Gasteiger partial charge in [-0.05, 0) is 52.0 Å². The Kier molecular flexibility index (Phi) is 11.4. The summed E-state index contributed by atoms with van der Waals surface area (Å²) in [6.07, 6.45) is 10.6. The molecule has 0 bridgehead atoms. The van der Waals surface area contributed by atoms with Crippen LogP contribution in [0.1, 0.15) is 65.9 Å². The van der Waals surface area contributed by atoms with Gasteiger partial charge in [0.1, 0.15) is 7.85 Å². The Morgan fingerprint density at radius 3 is 1.58 bits per heavy atom. The van der Waals surface area contributed by atoms with E-state index in [1.54, 1.807) is 0 Å². The number of hydrogen-bond acceptors (Lipinski definition) is 1. The molecule has 5 aromatic carbocycles. The summed E-state index contributed by atoms with van der Waals surface area (Å²) in [5.41, 5.74) is 8.33. The first kappa shape index (κ1) is 32.0. The molecular formula is C41H45BN2Si. The summed E-state index contributed by atoms with van der Waals surface area (Å²) in [6, 6.07) is 50.8. The topological polar surface area (TPSA) is 17.8 Å². The van der Waals surface area contributed by atoms with E-state index in [9.17, 15) is 0 Å². The summed E-state index contributed by atoms with van der Waals surface area (Å²) in [7, 11) is 1.43. The van der Waals surface area contributed by atoms with Crippen molar-refractivity contribution < 1.29 is 0 Å². The highest BCUT2D eigenvalue weighted by Gasteiger charge is 2.37. The Balaban J connectivity index is 0.000000238. The third-order valence-corrected chi connectivity index (χ3v) is 11.3. The van der Waals surface area contributed by atoms with Crippen molar-refractivity contribution >= 4 is 22.6 Å². The molecule has 6 aromatic rings. The van der Waals surface area contributed by atoms with Gasteiger partial charge in [0.25, 0.3) is 0 Å². The maximum absolute atomic E-state index is 4.48. The number of aryl methyl sites for hydroxylation is 2. The minimum atomic E-state index is -0.807. The Hall–Kier alpha value is -4.41. The zero-order valence-electron chi connectivity index (χ0n) is 27.0. The lowest BCUT2D eigenvalue weighted by Crippen LogP contribution is -2.46. The largest absolute Gasteiger partial charge is 0.326 e. The van der Waals surface area contributed by atoms with Crippen molar-refractivity contribution in [3.63, 3.8) is 0 Å². The predicted molar refractivity (Wildman–Crippen MR) is 197 cm³/mol. The summed E-state index contributed by atoms with van der Waals surface area (Å²) in [5, 5.41) is 1.24. The average molecular weight is 605 g/mol. The van der Waals surface area contributed by atoms with Crippen molar-refractivity contribution in [2.45, 2.75) is 50.5 Å². The van der Waals surface area contributed by atoms with Crippen LogP contribution < -0.4 is 5.19 Å². The van der Waals surface area contributed by atoms with E-state index < -0.39 is 9.52 Å². The standard InChI is InChI=1S/C28H32N2Si.C13H13B/c1-3-10-23-12-8-14-25(20-23)28(30-19-18-29-22-30,31-27-16-6-5-7-17-27)26-15-9-13-24(21-26)11-4-2;14-13(11-7-3-1-4-8-11)12-9-5-2-6-10-12/h5-9,12-22H,3-4,10-11,31H2,1-2H3;1-10,13H,14H2. The van der Waals surface area contributed by atoms with Crippen LogP contribution in [0.4, 0.5) is 0 Å². The molecule has 0 unspecified atom stereocenters.